The van der Waals surface area contributed by atoms with E-state index in [0.29, 0.717) is 34.6 Å². The molecular formula is C16H14N4O2S3. The van der Waals surface area contributed by atoms with Gasteiger partial charge >= 0.3 is 0 Å². The summed E-state index contributed by atoms with van der Waals surface area (Å²) in [5.74, 6) is 1.62. The first kappa shape index (κ1) is 16.5. The molecule has 0 N–H and O–H groups in total. The number of hydrogen-bond acceptors (Lipinski definition) is 8. The van der Waals surface area contributed by atoms with Crippen LogP contribution in [0.3, 0.4) is 0 Å². The van der Waals surface area contributed by atoms with E-state index in [-0.39, 0.29) is 5.56 Å². The van der Waals surface area contributed by atoms with Gasteiger partial charge in [-0.3, -0.25) is 9.36 Å². The zero-order chi connectivity index (χ0) is 17.4. The highest BCUT2D eigenvalue weighted by Gasteiger charge is 2.17. The molecule has 0 aliphatic rings. The number of fused-ring (bicyclic) bond motifs is 1. The summed E-state index contributed by atoms with van der Waals surface area (Å²) >= 11 is 4.57. The quantitative estimate of drug-likeness (QED) is 0.376. The van der Waals surface area contributed by atoms with Gasteiger partial charge in [0, 0.05) is 22.4 Å². The molecule has 0 aliphatic carbocycles. The molecule has 0 saturated heterocycles. The minimum atomic E-state index is 0.00126. The second kappa shape index (κ2) is 6.74. The van der Waals surface area contributed by atoms with Gasteiger partial charge in [-0.1, -0.05) is 23.0 Å². The maximum absolute atomic E-state index is 13.0. The fourth-order valence-corrected chi connectivity index (χ4v) is 5.24. The summed E-state index contributed by atoms with van der Waals surface area (Å²) in [4.78, 5) is 23.8. The molecule has 0 bridgehead atoms. The largest absolute Gasteiger partial charge is 0.338 e. The van der Waals surface area contributed by atoms with Crippen LogP contribution in [-0.4, -0.2) is 19.7 Å². The van der Waals surface area contributed by atoms with Gasteiger partial charge in [-0.2, -0.15) is 4.98 Å². The molecular weight excluding hydrogens is 376 g/mol. The van der Waals surface area contributed by atoms with Crippen molar-refractivity contribution in [1.29, 1.82) is 0 Å². The Morgan fingerprint density at radius 2 is 2.20 bits per heavy atom. The Balaban J connectivity index is 1.77. The van der Waals surface area contributed by atoms with Crippen molar-refractivity contribution < 1.29 is 4.52 Å². The summed E-state index contributed by atoms with van der Waals surface area (Å²) in [6, 6.07) is 4.02. The maximum Gasteiger partial charge on any atom is 0.263 e. The van der Waals surface area contributed by atoms with Crippen LogP contribution in [0.5, 0.6) is 0 Å². The molecule has 4 heterocycles. The van der Waals surface area contributed by atoms with Crippen molar-refractivity contribution in [2.45, 2.75) is 31.3 Å². The van der Waals surface area contributed by atoms with Crippen LogP contribution in [0.1, 0.15) is 18.6 Å². The molecule has 0 saturated carbocycles. The van der Waals surface area contributed by atoms with Crippen molar-refractivity contribution in [3.8, 4) is 10.4 Å². The minimum Gasteiger partial charge on any atom is -0.338 e. The van der Waals surface area contributed by atoms with E-state index in [0.717, 1.165) is 15.3 Å². The Morgan fingerprint density at radius 3 is 2.88 bits per heavy atom. The first-order valence-electron chi connectivity index (χ1n) is 7.65. The van der Waals surface area contributed by atoms with Crippen molar-refractivity contribution in [1.82, 2.24) is 19.7 Å². The first-order chi connectivity index (χ1) is 12.2. The van der Waals surface area contributed by atoms with Crippen molar-refractivity contribution in [3.05, 3.63) is 45.0 Å². The number of nitrogens with zero attached hydrogens (tertiary/aromatic N) is 4. The van der Waals surface area contributed by atoms with Crippen molar-refractivity contribution in [3.63, 3.8) is 0 Å². The van der Waals surface area contributed by atoms with Crippen molar-refractivity contribution in [2.75, 3.05) is 0 Å². The normalized spacial score (nSPS) is 11.4. The molecule has 0 amide bonds. The van der Waals surface area contributed by atoms with E-state index in [9.17, 15) is 4.79 Å². The topological polar surface area (TPSA) is 73.8 Å². The van der Waals surface area contributed by atoms with Crippen LogP contribution in [0.2, 0.25) is 0 Å². The Morgan fingerprint density at radius 1 is 1.32 bits per heavy atom. The van der Waals surface area contributed by atoms with Crippen LogP contribution in [0.15, 0.2) is 37.4 Å². The van der Waals surface area contributed by atoms with E-state index in [1.165, 1.54) is 23.1 Å². The molecule has 25 heavy (non-hydrogen) atoms. The summed E-state index contributed by atoms with van der Waals surface area (Å²) in [5, 5.41) is 9.19. The number of rotatable bonds is 5. The Kier molecular flexibility index (Phi) is 4.45. The zero-order valence-electron chi connectivity index (χ0n) is 13.6. The lowest BCUT2D eigenvalue weighted by molar-refractivity contribution is 0.387. The lowest BCUT2D eigenvalue weighted by atomic mass is 10.2. The van der Waals surface area contributed by atoms with Gasteiger partial charge in [0.25, 0.3) is 5.56 Å². The van der Waals surface area contributed by atoms with E-state index in [1.807, 2.05) is 29.8 Å². The minimum absolute atomic E-state index is 0.00126. The molecule has 4 rings (SSSR count). The lowest BCUT2D eigenvalue weighted by Crippen LogP contribution is -2.22. The third-order valence-electron chi connectivity index (χ3n) is 3.66. The average Bonchev–Trinajstić information content (AvgIpc) is 3.33. The number of aryl methyl sites for hydroxylation is 1. The summed E-state index contributed by atoms with van der Waals surface area (Å²) in [6.07, 6.45) is 0. The van der Waals surface area contributed by atoms with Crippen molar-refractivity contribution in [2.24, 2.45) is 0 Å². The van der Waals surface area contributed by atoms with Crippen LogP contribution < -0.4 is 5.56 Å². The average molecular weight is 391 g/mol. The number of thiophene rings is 2. The Bertz CT molecular complexity index is 1080. The molecule has 0 radical (unpaired) electrons. The predicted molar refractivity (Wildman–Crippen MR) is 101 cm³/mol. The number of thioether (sulfide) groups is 1. The van der Waals surface area contributed by atoms with E-state index in [1.54, 1.807) is 22.8 Å². The lowest BCUT2D eigenvalue weighted by Gasteiger charge is -2.09. The smallest absolute Gasteiger partial charge is 0.263 e. The van der Waals surface area contributed by atoms with E-state index >= 15 is 0 Å². The third kappa shape index (κ3) is 3.03. The zero-order valence-corrected chi connectivity index (χ0v) is 16.0. The van der Waals surface area contributed by atoms with Crippen LogP contribution in [-0.2, 0) is 12.3 Å². The Labute approximate surface area is 155 Å². The molecule has 6 nitrogen and oxygen atoms in total. The molecule has 4 aromatic rings. The number of hydrogen-bond donors (Lipinski definition) is 0. The van der Waals surface area contributed by atoms with Gasteiger partial charge in [0.15, 0.2) is 11.0 Å². The van der Waals surface area contributed by atoms with Crippen LogP contribution in [0, 0.1) is 6.92 Å². The second-order valence-electron chi connectivity index (χ2n) is 5.27. The molecule has 0 unspecified atom stereocenters. The highest BCUT2D eigenvalue weighted by atomic mass is 32.2. The molecule has 4 aromatic heterocycles. The maximum atomic E-state index is 13.0. The molecule has 0 fully saturated rings. The van der Waals surface area contributed by atoms with Gasteiger partial charge < -0.3 is 4.52 Å². The molecule has 0 aromatic carbocycles. The van der Waals surface area contributed by atoms with Gasteiger partial charge in [-0.15, -0.1) is 22.7 Å². The molecule has 0 aliphatic heterocycles. The SMILES string of the molecule is CCn1c(SCc2nc(C)no2)nc2scc(-c3cccs3)c2c1=O. The monoisotopic (exact) mass is 390 g/mol. The van der Waals surface area contributed by atoms with Gasteiger partial charge in [0.1, 0.15) is 4.83 Å². The van der Waals surface area contributed by atoms with Gasteiger partial charge in [0.05, 0.1) is 11.1 Å². The summed E-state index contributed by atoms with van der Waals surface area (Å²) < 4.78 is 6.85. The van der Waals surface area contributed by atoms with Crippen LogP contribution >= 0.6 is 34.4 Å². The third-order valence-corrected chi connectivity index (χ3v) is 6.39. The highest BCUT2D eigenvalue weighted by molar-refractivity contribution is 7.98. The van der Waals surface area contributed by atoms with E-state index in [4.69, 9.17) is 9.51 Å². The van der Waals surface area contributed by atoms with Gasteiger partial charge in [0.2, 0.25) is 5.89 Å². The summed E-state index contributed by atoms with van der Waals surface area (Å²) in [6.45, 7) is 4.29. The first-order valence-corrected chi connectivity index (χ1v) is 10.4. The summed E-state index contributed by atoms with van der Waals surface area (Å²) in [5.41, 5.74) is 0.972. The fraction of sp³-hybridized carbons (Fsp3) is 0.250. The standard InChI is InChI=1S/C16H14N4O2S3/c1-3-20-15(21)13-10(11-5-4-6-23-11)7-24-14(13)18-16(20)25-8-12-17-9(2)19-22-12/h4-7H,3,8H2,1-2H3. The van der Waals surface area contributed by atoms with Crippen molar-refractivity contribution >= 4 is 44.7 Å². The number of aromatic nitrogens is 4. The second-order valence-corrected chi connectivity index (χ2v) is 8.02. The van der Waals surface area contributed by atoms with Crippen LogP contribution in [0.4, 0.5) is 0 Å². The van der Waals surface area contributed by atoms with E-state index in [2.05, 4.69) is 10.1 Å². The van der Waals surface area contributed by atoms with E-state index < -0.39 is 0 Å². The molecule has 0 atom stereocenters. The summed E-state index contributed by atoms with van der Waals surface area (Å²) in [7, 11) is 0. The molecule has 128 valence electrons. The molecule has 0 spiro atoms. The van der Waals surface area contributed by atoms with Crippen LogP contribution in [0.25, 0.3) is 20.7 Å². The fourth-order valence-electron chi connectivity index (χ4n) is 2.53. The predicted octanol–water partition coefficient (Wildman–Crippen LogP) is 4.19. The van der Waals surface area contributed by atoms with Gasteiger partial charge in [-0.05, 0) is 25.3 Å². The molecule has 9 heteroatoms. The Hall–Kier alpha value is -1.97. The van der Waals surface area contributed by atoms with Gasteiger partial charge in [-0.25, -0.2) is 4.98 Å². The highest BCUT2D eigenvalue weighted by Crippen LogP contribution is 2.34.